The number of hydrogen-bond acceptors (Lipinski definition) is 7. The van der Waals surface area contributed by atoms with Gasteiger partial charge < -0.3 is 24.8 Å². The lowest BCUT2D eigenvalue weighted by Crippen LogP contribution is -2.42. The van der Waals surface area contributed by atoms with Crippen molar-refractivity contribution in [2.24, 2.45) is 0 Å². The number of carbonyl (C=O) groups excluding carboxylic acids is 2. The zero-order chi connectivity index (χ0) is 27.9. The van der Waals surface area contributed by atoms with Crippen molar-refractivity contribution in [1.29, 1.82) is 0 Å². The number of benzene rings is 2. The molecule has 1 atom stereocenters. The van der Waals surface area contributed by atoms with Gasteiger partial charge in [-0.15, -0.1) is 0 Å². The van der Waals surface area contributed by atoms with Crippen LogP contribution in [-0.4, -0.2) is 54.4 Å². The highest BCUT2D eigenvalue weighted by atomic mass is 16.5. The standard InChI is InChI=1S/C28H34N4O7/c1-18-8-10-19(11-9-18)30-26(34)17-32-22-15-24(38-3)23(37-2)14-21(22)27(35)31(28(32)36)12-4-7-25(33)29-16-20-6-5-13-39-20/h8-11,14-15,20H,4-7,12-13,16-17H2,1-3H3,(H,29,33)(H,30,34)/t20-/m1/s1. The van der Waals surface area contributed by atoms with E-state index in [2.05, 4.69) is 10.6 Å². The van der Waals surface area contributed by atoms with Gasteiger partial charge in [0.1, 0.15) is 6.54 Å². The minimum absolute atomic E-state index is 0.00881. The summed E-state index contributed by atoms with van der Waals surface area (Å²) >= 11 is 0. The van der Waals surface area contributed by atoms with Gasteiger partial charge in [-0.2, -0.15) is 0 Å². The molecule has 0 saturated carbocycles. The number of methoxy groups -OCH3 is 2. The van der Waals surface area contributed by atoms with Gasteiger partial charge in [-0.3, -0.25) is 23.5 Å². The Kier molecular flexibility index (Phi) is 9.03. The first-order valence-electron chi connectivity index (χ1n) is 12.9. The van der Waals surface area contributed by atoms with Crippen molar-refractivity contribution < 1.29 is 23.8 Å². The van der Waals surface area contributed by atoms with Crippen LogP contribution in [0.5, 0.6) is 11.5 Å². The van der Waals surface area contributed by atoms with Crippen molar-refractivity contribution in [3.63, 3.8) is 0 Å². The van der Waals surface area contributed by atoms with Crippen molar-refractivity contribution in [1.82, 2.24) is 14.5 Å². The fraction of sp³-hybridized carbons (Fsp3) is 0.429. The van der Waals surface area contributed by atoms with Gasteiger partial charge >= 0.3 is 5.69 Å². The molecule has 2 amide bonds. The molecule has 0 spiro atoms. The average molecular weight is 539 g/mol. The summed E-state index contributed by atoms with van der Waals surface area (Å²) in [7, 11) is 2.89. The van der Waals surface area contributed by atoms with Crippen LogP contribution in [0.3, 0.4) is 0 Å². The number of anilines is 1. The van der Waals surface area contributed by atoms with E-state index in [1.807, 2.05) is 19.1 Å². The Labute approximate surface area is 225 Å². The van der Waals surface area contributed by atoms with Gasteiger partial charge in [-0.05, 0) is 44.4 Å². The molecule has 39 heavy (non-hydrogen) atoms. The molecule has 11 heteroatoms. The van der Waals surface area contributed by atoms with Crippen molar-refractivity contribution in [2.45, 2.75) is 51.8 Å². The highest BCUT2D eigenvalue weighted by Crippen LogP contribution is 2.30. The third kappa shape index (κ3) is 6.66. The molecule has 3 aromatic rings. The molecule has 1 fully saturated rings. The lowest BCUT2D eigenvalue weighted by Gasteiger charge is -2.16. The minimum Gasteiger partial charge on any atom is -0.493 e. The normalized spacial score (nSPS) is 14.8. The van der Waals surface area contributed by atoms with E-state index in [4.69, 9.17) is 14.2 Å². The van der Waals surface area contributed by atoms with E-state index in [0.29, 0.717) is 30.3 Å². The quantitative estimate of drug-likeness (QED) is 0.383. The van der Waals surface area contributed by atoms with Crippen molar-refractivity contribution >= 4 is 28.4 Å². The van der Waals surface area contributed by atoms with Gasteiger partial charge in [0.25, 0.3) is 5.56 Å². The SMILES string of the molecule is COc1cc2c(=O)n(CCCC(=O)NC[C@H]3CCCO3)c(=O)n(CC(=O)Nc3ccc(C)cc3)c2cc1OC. The molecule has 2 heterocycles. The van der Waals surface area contributed by atoms with Crippen LogP contribution >= 0.6 is 0 Å². The first-order valence-corrected chi connectivity index (χ1v) is 12.9. The van der Waals surface area contributed by atoms with Gasteiger partial charge in [0.2, 0.25) is 11.8 Å². The molecule has 0 radical (unpaired) electrons. The van der Waals surface area contributed by atoms with Gasteiger partial charge in [-0.1, -0.05) is 17.7 Å². The predicted octanol–water partition coefficient (Wildman–Crippen LogP) is 2.20. The average Bonchev–Trinajstić information content (AvgIpc) is 3.46. The molecule has 4 rings (SSSR count). The molecule has 0 aliphatic carbocycles. The van der Waals surface area contributed by atoms with E-state index >= 15 is 0 Å². The number of rotatable bonds is 11. The lowest BCUT2D eigenvalue weighted by atomic mass is 10.2. The van der Waals surface area contributed by atoms with Crippen LogP contribution in [0.4, 0.5) is 5.69 Å². The number of fused-ring (bicyclic) bond motifs is 1. The van der Waals surface area contributed by atoms with Gasteiger partial charge in [0.05, 0.1) is 31.2 Å². The number of carbonyl (C=O) groups is 2. The predicted molar refractivity (Wildman–Crippen MR) is 147 cm³/mol. The number of aromatic nitrogens is 2. The van der Waals surface area contributed by atoms with E-state index in [-0.39, 0.29) is 48.8 Å². The van der Waals surface area contributed by atoms with Gasteiger partial charge in [0, 0.05) is 37.9 Å². The summed E-state index contributed by atoms with van der Waals surface area (Å²) in [6, 6.07) is 10.3. The van der Waals surface area contributed by atoms with Crippen LogP contribution in [-0.2, 0) is 27.4 Å². The van der Waals surface area contributed by atoms with Crippen LogP contribution < -0.4 is 31.4 Å². The first-order chi connectivity index (χ1) is 18.8. The summed E-state index contributed by atoms with van der Waals surface area (Å²) in [6.07, 6.45) is 2.33. The van der Waals surface area contributed by atoms with Crippen LogP contribution in [0.25, 0.3) is 10.9 Å². The summed E-state index contributed by atoms with van der Waals surface area (Å²) in [6.45, 7) is 2.77. The Morgan fingerprint density at radius 2 is 1.74 bits per heavy atom. The first kappa shape index (κ1) is 27.9. The summed E-state index contributed by atoms with van der Waals surface area (Å²) in [5.74, 6) is 0.0212. The number of aryl methyl sites for hydroxylation is 1. The molecule has 2 aromatic carbocycles. The summed E-state index contributed by atoms with van der Waals surface area (Å²) in [5.41, 5.74) is 0.685. The maximum atomic E-state index is 13.5. The Morgan fingerprint density at radius 3 is 2.41 bits per heavy atom. The molecular weight excluding hydrogens is 504 g/mol. The van der Waals surface area contributed by atoms with Crippen molar-refractivity contribution in [3.8, 4) is 11.5 Å². The number of nitrogens with one attached hydrogen (secondary N) is 2. The number of ether oxygens (including phenoxy) is 3. The highest BCUT2D eigenvalue weighted by molar-refractivity contribution is 5.92. The van der Waals surface area contributed by atoms with E-state index in [1.54, 1.807) is 12.1 Å². The third-order valence-electron chi connectivity index (χ3n) is 6.70. The molecule has 1 aromatic heterocycles. The van der Waals surface area contributed by atoms with Crippen LogP contribution in [0.2, 0.25) is 0 Å². The molecule has 0 bridgehead atoms. The smallest absolute Gasteiger partial charge is 0.331 e. The zero-order valence-corrected chi connectivity index (χ0v) is 22.5. The summed E-state index contributed by atoms with van der Waals surface area (Å²) in [5, 5.41) is 5.82. The zero-order valence-electron chi connectivity index (χ0n) is 22.5. The van der Waals surface area contributed by atoms with Gasteiger partial charge in [0.15, 0.2) is 11.5 Å². The van der Waals surface area contributed by atoms with Gasteiger partial charge in [-0.25, -0.2) is 4.79 Å². The maximum absolute atomic E-state index is 13.5. The minimum atomic E-state index is -0.654. The van der Waals surface area contributed by atoms with E-state index in [1.165, 1.54) is 30.9 Å². The highest BCUT2D eigenvalue weighted by Gasteiger charge is 2.20. The Bertz CT molecular complexity index is 1450. The largest absolute Gasteiger partial charge is 0.493 e. The van der Waals surface area contributed by atoms with Crippen molar-refractivity contribution in [3.05, 3.63) is 62.8 Å². The Hall–Kier alpha value is -4.12. The molecule has 208 valence electrons. The molecule has 0 unspecified atom stereocenters. The number of hydrogen-bond donors (Lipinski definition) is 2. The number of nitrogens with zero attached hydrogens (tertiary/aromatic N) is 2. The number of amides is 2. The van der Waals surface area contributed by atoms with E-state index in [0.717, 1.165) is 23.0 Å². The van der Waals surface area contributed by atoms with Crippen LogP contribution in [0, 0.1) is 6.92 Å². The topological polar surface area (TPSA) is 130 Å². The second-order valence-corrected chi connectivity index (χ2v) is 9.51. The van der Waals surface area contributed by atoms with E-state index in [9.17, 15) is 19.2 Å². The fourth-order valence-corrected chi connectivity index (χ4v) is 4.59. The Balaban J connectivity index is 1.60. The molecule has 11 nitrogen and oxygen atoms in total. The molecular formula is C28H34N4O7. The molecule has 1 aliphatic heterocycles. The Morgan fingerprint density at radius 1 is 1.03 bits per heavy atom. The van der Waals surface area contributed by atoms with E-state index < -0.39 is 17.2 Å². The fourth-order valence-electron chi connectivity index (χ4n) is 4.59. The van der Waals surface area contributed by atoms with Crippen molar-refractivity contribution in [2.75, 3.05) is 32.7 Å². The monoisotopic (exact) mass is 538 g/mol. The maximum Gasteiger partial charge on any atom is 0.331 e. The summed E-state index contributed by atoms with van der Waals surface area (Å²) in [4.78, 5) is 52.2. The molecule has 1 saturated heterocycles. The molecule has 1 aliphatic rings. The van der Waals surface area contributed by atoms with Crippen LogP contribution in [0.1, 0.15) is 31.2 Å². The lowest BCUT2D eigenvalue weighted by molar-refractivity contribution is -0.121. The second kappa shape index (κ2) is 12.6. The second-order valence-electron chi connectivity index (χ2n) is 9.51. The summed E-state index contributed by atoms with van der Waals surface area (Å²) < 4.78 is 18.5. The van der Waals surface area contributed by atoms with Crippen LogP contribution in [0.15, 0.2) is 46.0 Å². The molecule has 2 N–H and O–H groups in total. The third-order valence-corrected chi connectivity index (χ3v) is 6.70.